The molecule has 2 aromatic carbocycles. The summed E-state index contributed by atoms with van der Waals surface area (Å²) in [6.07, 6.45) is 3.92. The fourth-order valence-corrected chi connectivity index (χ4v) is 2.95. The van der Waals surface area contributed by atoms with Gasteiger partial charge in [0.2, 0.25) is 0 Å². The molecule has 0 fully saturated rings. The molecule has 0 unspecified atom stereocenters. The van der Waals surface area contributed by atoms with Gasteiger partial charge in [-0.25, -0.2) is 0 Å². The van der Waals surface area contributed by atoms with E-state index in [9.17, 15) is 5.11 Å². The van der Waals surface area contributed by atoms with Gasteiger partial charge in [-0.2, -0.15) is 0 Å². The van der Waals surface area contributed by atoms with Gasteiger partial charge in [-0.15, -0.1) is 0 Å². The molecule has 5 nitrogen and oxygen atoms in total. The molecule has 0 spiro atoms. The molecular weight excluding hydrogens is 328 g/mol. The maximum atomic E-state index is 10.2. The number of aromatic amines is 1. The molecule has 2 aromatic heterocycles. The van der Waals surface area contributed by atoms with Crippen LogP contribution < -0.4 is 0 Å². The van der Waals surface area contributed by atoms with Crippen LogP contribution >= 0.6 is 0 Å². The Morgan fingerprint density at radius 3 is 2.65 bits per heavy atom. The van der Waals surface area contributed by atoms with E-state index in [1.165, 1.54) is 0 Å². The Bertz CT molecular complexity index is 1050. The van der Waals surface area contributed by atoms with E-state index in [1.807, 2.05) is 54.6 Å². The summed E-state index contributed by atoms with van der Waals surface area (Å²) in [5.41, 5.74) is 4.24. The van der Waals surface area contributed by atoms with Crippen LogP contribution in [0.2, 0.25) is 0 Å². The number of benzene rings is 2. The average Bonchev–Trinajstić information content (AvgIpc) is 3.28. The number of aliphatic imine (C=N–C) groups is 1. The van der Waals surface area contributed by atoms with E-state index in [1.54, 1.807) is 12.5 Å². The summed E-state index contributed by atoms with van der Waals surface area (Å²) in [7, 11) is 0. The highest BCUT2D eigenvalue weighted by atomic mass is 16.3. The number of H-pyrrole nitrogens is 1. The summed E-state index contributed by atoms with van der Waals surface area (Å²) < 4.78 is 5.42. The number of nitrogens with one attached hydrogen (secondary N) is 1. The van der Waals surface area contributed by atoms with Crippen LogP contribution in [0.5, 0.6) is 5.88 Å². The first kappa shape index (κ1) is 16.2. The lowest BCUT2D eigenvalue weighted by molar-refractivity contribution is 0.299. The number of aliphatic hydroxyl groups excluding tert-OH is 1. The normalized spacial score (nSPS) is 11.6. The lowest BCUT2D eigenvalue weighted by Crippen LogP contribution is -1.88. The average molecular weight is 346 g/mol. The van der Waals surface area contributed by atoms with Gasteiger partial charge in [-0.3, -0.25) is 4.99 Å². The third-order valence-corrected chi connectivity index (χ3v) is 4.30. The Labute approximate surface area is 150 Å². The minimum absolute atomic E-state index is 0.0808. The topological polar surface area (TPSA) is 81.8 Å². The van der Waals surface area contributed by atoms with E-state index in [0.717, 1.165) is 33.5 Å². The number of hydrogen-bond acceptors (Lipinski definition) is 4. The Morgan fingerprint density at radius 1 is 1.08 bits per heavy atom. The molecule has 5 heteroatoms. The molecule has 0 aliphatic rings. The number of aromatic nitrogens is 1. The molecule has 0 aliphatic carbocycles. The molecule has 0 saturated carbocycles. The zero-order valence-corrected chi connectivity index (χ0v) is 14.0. The first-order chi connectivity index (χ1) is 12.7. The minimum Gasteiger partial charge on any atom is -0.494 e. The highest BCUT2D eigenvalue weighted by Crippen LogP contribution is 2.30. The van der Waals surface area contributed by atoms with Gasteiger partial charge < -0.3 is 19.6 Å². The van der Waals surface area contributed by atoms with Gasteiger partial charge in [0.25, 0.3) is 0 Å². The zero-order chi connectivity index (χ0) is 17.9. The van der Waals surface area contributed by atoms with E-state index in [0.29, 0.717) is 12.0 Å². The number of nitrogens with zero attached hydrogens (tertiary/aromatic N) is 1. The standard InChI is InChI=1S/C21H18N2O3/c24-10-9-14-3-6-16(7-4-14)22-13-18-17-8-5-15(20-2-1-11-26-20)12-19(17)23-21(18)25/h1-8,11-13,23-25H,9-10H2. The van der Waals surface area contributed by atoms with E-state index in [2.05, 4.69) is 9.98 Å². The Morgan fingerprint density at radius 2 is 1.92 bits per heavy atom. The van der Waals surface area contributed by atoms with Gasteiger partial charge in [-0.05, 0) is 42.3 Å². The van der Waals surface area contributed by atoms with Crippen LogP contribution in [-0.2, 0) is 6.42 Å². The number of aliphatic hydroxyl groups is 1. The molecule has 130 valence electrons. The van der Waals surface area contributed by atoms with E-state index < -0.39 is 0 Å². The summed E-state index contributed by atoms with van der Waals surface area (Å²) in [5.74, 6) is 0.858. The zero-order valence-electron chi connectivity index (χ0n) is 14.0. The summed E-state index contributed by atoms with van der Waals surface area (Å²) in [5, 5.41) is 20.1. The summed E-state index contributed by atoms with van der Waals surface area (Å²) in [6, 6.07) is 17.2. The van der Waals surface area contributed by atoms with Gasteiger partial charge >= 0.3 is 0 Å². The van der Waals surface area contributed by atoms with Crippen LogP contribution in [0.15, 0.2) is 70.3 Å². The molecule has 0 amide bonds. The molecule has 4 aromatic rings. The maximum Gasteiger partial charge on any atom is 0.198 e. The van der Waals surface area contributed by atoms with Crippen LogP contribution in [-0.4, -0.2) is 28.0 Å². The molecule has 0 atom stereocenters. The fraction of sp³-hybridized carbons (Fsp3) is 0.0952. The first-order valence-corrected chi connectivity index (χ1v) is 8.37. The van der Waals surface area contributed by atoms with Crippen LogP contribution in [0.4, 0.5) is 5.69 Å². The highest BCUT2D eigenvalue weighted by Gasteiger charge is 2.11. The Kier molecular flexibility index (Phi) is 4.29. The molecule has 0 radical (unpaired) electrons. The first-order valence-electron chi connectivity index (χ1n) is 8.37. The quantitative estimate of drug-likeness (QED) is 0.468. The molecule has 0 aliphatic heterocycles. The molecule has 0 bridgehead atoms. The van der Waals surface area contributed by atoms with Crippen molar-refractivity contribution in [2.75, 3.05) is 6.61 Å². The lowest BCUT2D eigenvalue weighted by Gasteiger charge is -1.99. The lowest BCUT2D eigenvalue weighted by atomic mass is 10.1. The fourth-order valence-electron chi connectivity index (χ4n) is 2.95. The summed E-state index contributed by atoms with van der Waals surface area (Å²) in [6.45, 7) is 0.131. The molecule has 4 rings (SSSR count). The molecule has 26 heavy (non-hydrogen) atoms. The van der Waals surface area contributed by atoms with Gasteiger partial charge in [0.1, 0.15) is 5.76 Å². The van der Waals surface area contributed by atoms with Crippen molar-refractivity contribution in [2.24, 2.45) is 4.99 Å². The minimum atomic E-state index is 0.0808. The third kappa shape index (κ3) is 3.12. The molecule has 2 heterocycles. The monoisotopic (exact) mass is 346 g/mol. The second-order valence-electron chi connectivity index (χ2n) is 6.02. The third-order valence-electron chi connectivity index (χ3n) is 4.30. The van der Waals surface area contributed by atoms with E-state index in [4.69, 9.17) is 9.52 Å². The second-order valence-corrected chi connectivity index (χ2v) is 6.02. The van der Waals surface area contributed by atoms with Gasteiger partial charge in [0, 0.05) is 29.3 Å². The van der Waals surface area contributed by atoms with Gasteiger partial charge in [0.05, 0.1) is 17.5 Å². The van der Waals surface area contributed by atoms with Gasteiger partial charge in [-0.1, -0.05) is 24.3 Å². The van der Waals surface area contributed by atoms with Crippen molar-refractivity contribution in [2.45, 2.75) is 6.42 Å². The van der Waals surface area contributed by atoms with Crippen molar-refractivity contribution < 1.29 is 14.6 Å². The molecular formula is C21H18N2O3. The number of rotatable bonds is 5. The summed E-state index contributed by atoms with van der Waals surface area (Å²) in [4.78, 5) is 7.43. The smallest absolute Gasteiger partial charge is 0.198 e. The van der Waals surface area contributed by atoms with Crippen LogP contribution in [0.3, 0.4) is 0 Å². The van der Waals surface area contributed by atoms with Crippen molar-refractivity contribution in [1.82, 2.24) is 4.98 Å². The van der Waals surface area contributed by atoms with E-state index >= 15 is 0 Å². The summed E-state index contributed by atoms with van der Waals surface area (Å²) >= 11 is 0. The number of furan rings is 1. The second kappa shape index (κ2) is 6.90. The Hall–Kier alpha value is -3.31. The maximum absolute atomic E-state index is 10.2. The van der Waals surface area contributed by atoms with Crippen LogP contribution in [0.25, 0.3) is 22.2 Å². The van der Waals surface area contributed by atoms with Crippen molar-refractivity contribution in [3.05, 3.63) is 72.0 Å². The largest absolute Gasteiger partial charge is 0.494 e. The SMILES string of the molecule is OCCc1ccc(N=Cc2c(O)[nH]c3cc(-c4ccco4)ccc23)cc1. The van der Waals surface area contributed by atoms with Crippen molar-refractivity contribution in [3.63, 3.8) is 0 Å². The highest BCUT2D eigenvalue weighted by molar-refractivity contribution is 6.03. The van der Waals surface area contributed by atoms with Crippen LogP contribution in [0.1, 0.15) is 11.1 Å². The van der Waals surface area contributed by atoms with E-state index in [-0.39, 0.29) is 12.5 Å². The van der Waals surface area contributed by atoms with Crippen LogP contribution in [0, 0.1) is 0 Å². The predicted molar refractivity (Wildman–Crippen MR) is 102 cm³/mol. The van der Waals surface area contributed by atoms with Gasteiger partial charge in [0.15, 0.2) is 5.88 Å². The molecule has 3 N–H and O–H groups in total. The number of aromatic hydroxyl groups is 1. The number of hydrogen-bond donors (Lipinski definition) is 3. The number of fused-ring (bicyclic) bond motifs is 1. The van der Waals surface area contributed by atoms with Crippen molar-refractivity contribution >= 4 is 22.8 Å². The van der Waals surface area contributed by atoms with Crippen molar-refractivity contribution in [3.8, 4) is 17.2 Å². The molecule has 0 saturated heterocycles. The Balaban J connectivity index is 1.64. The predicted octanol–water partition coefficient (Wildman–Crippen LogP) is 4.42. The van der Waals surface area contributed by atoms with Crippen molar-refractivity contribution in [1.29, 1.82) is 0 Å².